The zero-order chi connectivity index (χ0) is 53.4. The summed E-state index contributed by atoms with van der Waals surface area (Å²) < 4.78 is 70.0. The van der Waals surface area contributed by atoms with Gasteiger partial charge < -0.3 is 37.2 Å². The Labute approximate surface area is 451 Å². The van der Waals surface area contributed by atoms with Crippen LogP contribution in [0.15, 0.2) is 107 Å². The SMILES string of the molecule is C1CCOC1.C=CCOC(=O)Cc1ccc(OP(=O)(Cl)N(C)CCCCCl)cc1.C=CCOC(=O)Cc1ccc(OP(=O)(OCc2ccc([N+](=O)[O-])o2)N(C)CCCCCl)cc1.O=[N+]([O-])c1ccc(C[O-])o1.[Li+]. The van der Waals surface area contributed by atoms with Crippen LogP contribution in [-0.4, -0.2) is 96.5 Å². The largest absolute Gasteiger partial charge is 1.00 e. The molecule has 0 N–H and O–H groups in total. The number of hydrogen-bond donors (Lipinski definition) is 0. The zero-order valence-electron chi connectivity index (χ0n) is 41.0. The number of ether oxygens (including phenoxy) is 3. The summed E-state index contributed by atoms with van der Waals surface area (Å²) in [4.78, 5) is 42.6. The number of carbonyl (C=O) groups is 2. The average Bonchev–Trinajstić information content (AvgIpc) is 4.19. The number of carbonyl (C=O) groups excluding carboxylic acids is 2. The third-order valence-electron chi connectivity index (χ3n) is 9.26. The van der Waals surface area contributed by atoms with Crippen LogP contribution in [0.5, 0.6) is 11.5 Å². The van der Waals surface area contributed by atoms with E-state index in [0.717, 1.165) is 37.7 Å². The van der Waals surface area contributed by atoms with Crippen molar-refractivity contribution < 1.29 is 89.1 Å². The van der Waals surface area contributed by atoms with Gasteiger partial charge in [0.15, 0.2) is 0 Å². The Morgan fingerprint density at radius 3 is 1.52 bits per heavy atom. The van der Waals surface area contributed by atoms with Crippen molar-refractivity contribution in [1.29, 1.82) is 0 Å². The number of hydrogen-bond acceptors (Lipinski definition) is 17. The Balaban J connectivity index is 0.000000574. The predicted octanol–water partition coefficient (Wildman–Crippen LogP) is 7.60. The van der Waals surface area contributed by atoms with E-state index in [1.807, 2.05) is 0 Å². The molecule has 2 aromatic heterocycles. The molecule has 0 radical (unpaired) electrons. The molecule has 21 nitrogen and oxygen atoms in total. The third kappa shape index (κ3) is 27.6. The van der Waals surface area contributed by atoms with Crippen LogP contribution in [0.2, 0.25) is 0 Å². The summed E-state index contributed by atoms with van der Waals surface area (Å²) in [5.74, 6) is 0.309. The molecular weight excluding hydrogens is 1060 g/mol. The van der Waals surface area contributed by atoms with E-state index in [4.69, 9.17) is 66.6 Å². The summed E-state index contributed by atoms with van der Waals surface area (Å²) in [5, 5.41) is 30.8. The van der Waals surface area contributed by atoms with Crippen molar-refractivity contribution in [1.82, 2.24) is 9.34 Å². The first-order valence-electron chi connectivity index (χ1n) is 22.2. The van der Waals surface area contributed by atoms with Crippen LogP contribution in [-0.2, 0) is 63.5 Å². The second-order valence-electron chi connectivity index (χ2n) is 15.0. The minimum atomic E-state index is -3.85. The molecule has 1 aliphatic heterocycles. The van der Waals surface area contributed by atoms with Gasteiger partial charge in [-0.15, -0.1) is 23.2 Å². The maximum atomic E-state index is 13.6. The predicted molar refractivity (Wildman–Crippen MR) is 269 cm³/mol. The molecule has 1 saturated heterocycles. The fourth-order valence-corrected chi connectivity index (χ4v) is 8.65. The molecule has 1 fully saturated rings. The number of halogens is 3. The fourth-order valence-electron chi connectivity index (χ4n) is 5.46. The van der Waals surface area contributed by atoms with Gasteiger partial charge in [0, 0.05) is 49.3 Å². The van der Waals surface area contributed by atoms with Gasteiger partial charge in [0.05, 0.1) is 30.7 Å². The van der Waals surface area contributed by atoms with Gasteiger partial charge in [0.2, 0.25) is 0 Å². The number of furan rings is 2. The number of rotatable bonds is 28. The third-order valence-corrected chi connectivity index (χ3v) is 14.2. The Morgan fingerprint density at radius 1 is 0.699 bits per heavy atom. The van der Waals surface area contributed by atoms with Crippen molar-refractivity contribution in [3.05, 3.63) is 141 Å². The molecule has 0 aliphatic carbocycles. The van der Waals surface area contributed by atoms with E-state index in [9.17, 15) is 44.1 Å². The Bertz CT molecular complexity index is 2350. The summed E-state index contributed by atoms with van der Waals surface area (Å²) in [7, 11) is -0.620. The molecule has 2 unspecified atom stereocenters. The Kier molecular flexibility index (Phi) is 34.0. The van der Waals surface area contributed by atoms with Crippen molar-refractivity contribution in [3.8, 4) is 11.5 Å². The smallest absolute Gasteiger partial charge is 0.849 e. The van der Waals surface area contributed by atoms with Gasteiger partial charge in [-0.25, -0.2) is 18.5 Å². The number of unbranched alkanes of at least 4 members (excludes halogenated alkanes) is 2. The normalized spacial score (nSPS) is 13.2. The molecule has 1 aliphatic rings. The van der Waals surface area contributed by atoms with E-state index in [2.05, 4.69) is 17.6 Å². The van der Waals surface area contributed by atoms with Crippen LogP contribution >= 0.6 is 49.1 Å². The molecule has 0 bridgehead atoms. The molecule has 398 valence electrons. The Morgan fingerprint density at radius 2 is 1.14 bits per heavy atom. The van der Waals surface area contributed by atoms with Crippen LogP contribution < -0.4 is 33.0 Å². The van der Waals surface area contributed by atoms with E-state index in [0.29, 0.717) is 49.0 Å². The van der Waals surface area contributed by atoms with Gasteiger partial charge in [-0.2, -0.15) is 0 Å². The molecule has 73 heavy (non-hydrogen) atoms. The van der Waals surface area contributed by atoms with Crippen LogP contribution in [0.25, 0.3) is 0 Å². The first-order valence-corrected chi connectivity index (χ1v) is 27.3. The van der Waals surface area contributed by atoms with Crippen molar-refractivity contribution in [3.63, 3.8) is 0 Å². The summed E-state index contributed by atoms with van der Waals surface area (Å²) in [6, 6.07) is 18.1. The van der Waals surface area contributed by atoms with Gasteiger partial charge in [0.25, 0.3) is 0 Å². The van der Waals surface area contributed by atoms with E-state index in [1.54, 1.807) is 62.6 Å². The minimum Gasteiger partial charge on any atom is -0.849 e. The second-order valence-corrected chi connectivity index (χ2v) is 20.8. The number of nitrogens with zero attached hydrogens (tertiary/aromatic N) is 4. The van der Waals surface area contributed by atoms with E-state index in [1.165, 1.54) is 52.5 Å². The van der Waals surface area contributed by atoms with Crippen molar-refractivity contribution >= 4 is 72.8 Å². The van der Waals surface area contributed by atoms with Crippen molar-refractivity contribution in [2.24, 2.45) is 0 Å². The molecule has 0 spiro atoms. The molecule has 2 atom stereocenters. The Hall–Kier alpha value is -4.45. The molecule has 3 heterocycles. The summed E-state index contributed by atoms with van der Waals surface area (Å²) in [5.41, 5.74) is 1.45. The van der Waals surface area contributed by atoms with Crippen molar-refractivity contribution in [2.75, 3.05) is 65.4 Å². The second kappa shape index (κ2) is 37.3. The van der Waals surface area contributed by atoms with Gasteiger partial charge in [-0.3, -0.25) is 34.3 Å². The number of esters is 2. The zero-order valence-corrected chi connectivity index (χ0v) is 45.0. The first kappa shape index (κ1) is 66.6. The summed E-state index contributed by atoms with van der Waals surface area (Å²) >= 11 is 17.4. The minimum absolute atomic E-state index is 0. The fraction of sp³-hybridized carbons (Fsp3) is 0.435. The number of nitro groups is 2. The van der Waals surface area contributed by atoms with Gasteiger partial charge >= 0.3 is 57.2 Å². The molecule has 27 heteroatoms. The number of benzene rings is 2. The molecule has 0 saturated carbocycles. The van der Waals surface area contributed by atoms with Crippen molar-refractivity contribution in [2.45, 2.75) is 64.6 Å². The van der Waals surface area contributed by atoms with Gasteiger partial charge in [-0.05, 0) is 100 Å². The van der Waals surface area contributed by atoms with Crippen LogP contribution in [0, 0.1) is 20.2 Å². The van der Waals surface area contributed by atoms with Gasteiger partial charge in [0.1, 0.15) is 46.9 Å². The van der Waals surface area contributed by atoms with Crippen LogP contribution in [0.4, 0.5) is 11.8 Å². The topological polar surface area (TPSA) is 266 Å². The summed E-state index contributed by atoms with van der Waals surface area (Å²) in [6.07, 6.45) is 8.74. The maximum Gasteiger partial charge on any atom is 1.00 e. The van der Waals surface area contributed by atoms with Crippen LogP contribution in [0.3, 0.4) is 0 Å². The molecular formula is C46H60Cl3LiN4O17P2. The van der Waals surface area contributed by atoms with E-state index in [-0.39, 0.29) is 80.6 Å². The quantitative estimate of drug-likeness (QED) is 0.00774. The summed E-state index contributed by atoms with van der Waals surface area (Å²) in [6.45, 7) is 5.90. The number of alkyl halides is 2. The van der Waals surface area contributed by atoms with E-state index < -0.39 is 42.9 Å². The maximum absolute atomic E-state index is 13.6. The molecule has 4 aromatic rings. The standard InChI is InChI=1S/C21H26ClN2O8P.C16H22Cl2NO4P.C5H4NO4.C4H8O.Li/c1-3-14-29-21(25)15-17-6-8-18(9-7-17)32-33(28,23(2)13-5-4-12-22)30-16-19-10-11-20(31-19)24(26)27;1-3-12-22-16(20)13-14-6-8-15(9-7-14)23-24(18,21)19(2)11-5-4-10-17;7-3-4-1-2-5(10-4)6(8)9;1-2-4-5-3-1;/h3,6-11H,1,4-5,12-16H2,2H3;3,6-9H,1,4-5,10-13H2,2H3;1-2H,3H2;1-4H2;/q;;-1;;+1. The molecule has 2 aromatic carbocycles. The van der Waals surface area contributed by atoms with E-state index >= 15 is 0 Å². The molecule has 0 amide bonds. The average molecular weight is 1120 g/mol. The molecule has 5 rings (SSSR count). The first-order chi connectivity index (χ1) is 34.4. The van der Waals surface area contributed by atoms with Gasteiger partial charge in [-0.1, -0.05) is 56.2 Å². The monoisotopic (exact) mass is 1110 g/mol. The van der Waals surface area contributed by atoms with Crippen LogP contribution in [0.1, 0.15) is 61.2 Å².